The highest BCUT2D eigenvalue weighted by Gasteiger charge is 2.04. The predicted octanol–water partition coefficient (Wildman–Crippen LogP) is 3.19. The Labute approximate surface area is 107 Å². The molecule has 0 aliphatic heterocycles. The standard InChI is InChI=1S/C12H21ClN2S/c1-9(2)15-6-4-5-14-7-11-12(13)10(3)8-16-11/h8-9,14-15H,4-7H2,1-3H3. The van der Waals surface area contributed by atoms with Crippen molar-refractivity contribution in [3.63, 3.8) is 0 Å². The van der Waals surface area contributed by atoms with Gasteiger partial charge in [-0.1, -0.05) is 25.4 Å². The van der Waals surface area contributed by atoms with Crippen LogP contribution in [0.4, 0.5) is 0 Å². The summed E-state index contributed by atoms with van der Waals surface area (Å²) in [4.78, 5) is 1.25. The summed E-state index contributed by atoms with van der Waals surface area (Å²) in [7, 11) is 0. The zero-order valence-electron chi connectivity index (χ0n) is 10.3. The lowest BCUT2D eigenvalue weighted by molar-refractivity contribution is 0.548. The van der Waals surface area contributed by atoms with Crippen LogP contribution < -0.4 is 10.6 Å². The molecule has 0 atom stereocenters. The van der Waals surface area contributed by atoms with Crippen molar-refractivity contribution < 1.29 is 0 Å². The van der Waals surface area contributed by atoms with Crippen molar-refractivity contribution in [1.29, 1.82) is 0 Å². The van der Waals surface area contributed by atoms with Crippen LogP contribution in [0, 0.1) is 6.92 Å². The van der Waals surface area contributed by atoms with Crippen molar-refractivity contribution in [2.45, 2.75) is 39.8 Å². The van der Waals surface area contributed by atoms with Crippen LogP contribution in [0.5, 0.6) is 0 Å². The molecule has 0 amide bonds. The molecule has 0 aliphatic rings. The number of nitrogens with one attached hydrogen (secondary N) is 2. The molecule has 1 heterocycles. The highest BCUT2D eigenvalue weighted by molar-refractivity contribution is 7.10. The third-order valence-electron chi connectivity index (χ3n) is 2.34. The Kier molecular flexibility index (Phi) is 6.36. The lowest BCUT2D eigenvalue weighted by atomic mass is 10.3. The molecule has 2 nitrogen and oxygen atoms in total. The third-order valence-corrected chi connectivity index (χ3v) is 4.08. The van der Waals surface area contributed by atoms with Crippen LogP contribution in [0.1, 0.15) is 30.7 Å². The van der Waals surface area contributed by atoms with Gasteiger partial charge in [0.25, 0.3) is 0 Å². The first kappa shape index (κ1) is 14.0. The van der Waals surface area contributed by atoms with Crippen molar-refractivity contribution in [2.24, 2.45) is 0 Å². The van der Waals surface area contributed by atoms with Gasteiger partial charge in [-0.05, 0) is 37.4 Å². The minimum atomic E-state index is 0.578. The fourth-order valence-corrected chi connectivity index (χ4v) is 2.61. The van der Waals surface area contributed by atoms with Gasteiger partial charge in [0.15, 0.2) is 0 Å². The first-order valence-corrected chi connectivity index (χ1v) is 7.03. The van der Waals surface area contributed by atoms with Crippen LogP contribution in [-0.2, 0) is 6.54 Å². The van der Waals surface area contributed by atoms with Gasteiger partial charge in [-0.25, -0.2) is 0 Å². The van der Waals surface area contributed by atoms with Gasteiger partial charge in [0, 0.05) is 17.5 Å². The van der Waals surface area contributed by atoms with Crippen molar-refractivity contribution in [1.82, 2.24) is 10.6 Å². The van der Waals surface area contributed by atoms with Crippen LogP contribution in [0.3, 0.4) is 0 Å². The fourth-order valence-electron chi connectivity index (χ4n) is 1.41. The molecule has 1 rings (SSSR count). The van der Waals surface area contributed by atoms with Gasteiger partial charge >= 0.3 is 0 Å². The van der Waals surface area contributed by atoms with E-state index in [0.29, 0.717) is 6.04 Å². The van der Waals surface area contributed by atoms with E-state index >= 15 is 0 Å². The van der Waals surface area contributed by atoms with Crippen LogP contribution in [0.15, 0.2) is 5.38 Å². The molecule has 4 heteroatoms. The van der Waals surface area contributed by atoms with Gasteiger partial charge in [-0.15, -0.1) is 11.3 Å². The van der Waals surface area contributed by atoms with E-state index in [1.54, 1.807) is 11.3 Å². The highest BCUT2D eigenvalue weighted by atomic mass is 35.5. The highest BCUT2D eigenvalue weighted by Crippen LogP contribution is 2.26. The Balaban J connectivity index is 2.10. The average molecular weight is 261 g/mol. The Bertz CT molecular complexity index is 310. The first-order valence-electron chi connectivity index (χ1n) is 5.78. The van der Waals surface area contributed by atoms with Crippen molar-refractivity contribution in [2.75, 3.05) is 13.1 Å². The Hall–Kier alpha value is -0.0900. The number of aryl methyl sites for hydroxylation is 1. The third kappa shape index (κ3) is 4.83. The van der Waals surface area contributed by atoms with Crippen molar-refractivity contribution in [3.05, 3.63) is 20.8 Å². The first-order chi connectivity index (χ1) is 7.61. The van der Waals surface area contributed by atoms with E-state index < -0.39 is 0 Å². The molecule has 0 aromatic carbocycles. The van der Waals surface area contributed by atoms with Gasteiger partial charge in [0.2, 0.25) is 0 Å². The van der Waals surface area contributed by atoms with E-state index in [9.17, 15) is 0 Å². The average Bonchev–Trinajstić information content (AvgIpc) is 2.54. The number of thiophene rings is 1. The monoisotopic (exact) mass is 260 g/mol. The molecule has 0 saturated heterocycles. The van der Waals surface area contributed by atoms with E-state index in [1.807, 2.05) is 0 Å². The zero-order chi connectivity index (χ0) is 12.0. The summed E-state index contributed by atoms with van der Waals surface area (Å²) >= 11 is 7.88. The molecular formula is C12H21ClN2S. The van der Waals surface area contributed by atoms with Crippen molar-refractivity contribution >= 4 is 22.9 Å². The molecule has 1 aromatic rings. The number of hydrogen-bond donors (Lipinski definition) is 2. The lowest BCUT2D eigenvalue weighted by Gasteiger charge is -2.08. The number of hydrogen-bond acceptors (Lipinski definition) is 3. The second-order valence-corrected chi connectivity index (χ2v) is 5.64. The Morgan fingerprint density at radius 2 is 2.12 bits per heavy atom. The lowest BCUT2D eigenvalue weighted by Crippen LogP contribution is -2.26. The molecule has 0 saturated carbocycles. The normalized spacial score (nSPS) is 11.3. The molecule has 92 valence electrons. The maximum absolute atomic E-state index is 6.15. The van der Waals surface area contributed by atoms with Gasteiger partial charge < -0.3 is 10.6 Å². The van der Waals surface area contributed by atoms with Gasteiger partial charge in [0.1, 0.15) is 0 Å². The van der Waals surface area contributed by atoms with E-state index in [1.165, 1.54) is 10.4 Å². The van der Waals surface area contributed by atoms with E-state index in [2.05, 4.69) is 36.8 Å². The molecule has 0 radical (unpaired) electrons. The molecule has 0 unspecified atom stereocenters. The minimum Gasteiger partial charge on any atom is -0.314 e. The van der Waals surface area contributed by atoms with Crippen LogP contribution in [-0.4, -0.2) is 19.1 Å². The molecule has 0 fully saturated rings. The second kappa shape index (κ2) is 7.28. The summed E-state index contributed by atoms with van der Waals surface area (Å²) in [6.07, 6.45) is 1.15. The quantitative estimate of drug-likeness (QED) is 0.736. The Morgan fingerprint density at radius 1 is 1.38 bits per heavy atom. The summed E-state index contributed by atoms with van der Waals surface area (Å²) in [6.45, 7) is 9.38. The molecule has 1 aromatic heterocycles. The van der Waals surface area contributed by atoms with Gasteiger partial charge in [-0.3, -0.25) is 0 Å². The Morgan fingerprint density at radius 3 is 2.69 bits per heavy atom. The maximum atomic E-state index is 6.15. The predicted molar refractivity (Wildman–Crippen MR) is 73.5 cm³/mol. The van der Waals surface area contributed by atoms with E-state index in [4.69, 9.17) is 11.6 Å². The molecule has 0 spiro atoms. The van der Waals surface area contributed by atoms with Crippen LogP contribution in [0.25, 0.3) is 0 Å². The topological polar surface area (TPSA) is 24.1 Å². The van der Waals surface area contributed by atoms with Crippen LogP contribution in [0.2, 0.25) is 5.02 Å². The van der Waals surface area contributed by atoms with Crippen LogP contribution >= 0.6 is 22.9 Å². The van der Waals surface area contributed by atoms with Gasteiger partial charge in [-0.2, -0.15) is 0 Å². The maximum Gasteiger partial charge on any atom is 0.0587 e. The minimum absolute atomic E-state index is 0.578. The smallest absolute Gasteiger partial charge is 0.0587 e. The molecule has 16 heavy (non-hydrogen) atoms. The molecule has 0 bridgehead atoms. The van der Waals surface area contributed by atoms with E-state index in [-0.39, 0.29) is 0 Å². The summed E-state index contributed by atoms with van der Waals surface area (Å²) in [5.41, 5.74) is 1.19. The zero-order valence-corrected chi connectivity index (χ0v) is 11.8. The summed E-state index contributed by atoms with van der Waals surface area (Å²) in [5.74, 6) is 0. The van der Waals surface area contributed by atoms with Gasteiger partial charge in [0.05, 0.1) is 5.02 Å². The number of rotatable bonds is 7. The van der Waals surface area contributed by atoms with E-state index in [0.717, 1.165) is 31.1 Å². The SMILES string of the molecule is Cc1csc(CNCCCNC(C)C)c1Cl. The number of halogens is 1. The second-order valence-electron chi connectivity index (χ2n) is 4.30. The summed E-state index contributed by atoms with van der Waals surface area (Å²) in [5, 5.41) is 9.85. The fraction of sp³-hybridized carbons (Fsp3) is 0.667. The molecule has 0 aliphatic carbocycles. The molecule has 2 N–H and O–H groups in total. The largest absolute Gasteiger partial charge is 0.314 e. The van der Waals surface area contributed by atoms with Crippen molar-refractivity contribution in [3.8, 4) is 0 Å². The summed E-state index contributed by atoms with van der Waals surface area (Å²) in [6, 6.07) is 0.578. The summed E-state index contributed by atoms with van der Waals surface area (Å²) < 4.78 is 0. The molecular weight excluding hydrogens is 240 g/mol.